The van der Waals surface area contributed by atoms with Crippen molar-refractivity contribution in [2.24, 2.45) is 0 Å². The van der Waals surface area contributed by atoms with Crippen molar-refractivity contribution in [3.05, 3.63) is 95.0 Å². The zero-order chi connectivity index (χ0) is 22.5. The zero-order valence-corrected chi connectivity index (χ0v) is 18.6. The molecule has 0 bridgehead atoms. The van der Waals surface area contributed by atoms with Crippen molar-refractivity contribution in [3.63, 3.8) is 0 Å². The van der Waals surface area contributed by atoms with E-state index in [0.29, 0.717) is 5.88 Å². The summed E-state index contributed by atoms with van der Waals surface area (Å²) in [4.78, 5) is 6.74. The lowest BCUT2D eigenvalue weighted by Crippen LogP contribution is -2.40. The van der Waals surface area contributed by atoms with Crippen LogP contribution in [-0.2, 0) is 6.42 Å². The predicted octanol–water partition coefficient (Wildman–Crippen LogP) is 4.37. The SMILES string of the molecule is COc1nc(C2=CC(C)=C(NCCc3ccc(F)cc3)NN2)ccc1N1C=CCC(C)=C1. The molecule has 166 valence electrons. The number of ether oxygens (including phenoxy) is 1. The first-order valence-corrected chi connectivity index (χ1v) is 10.6. The third-order valence-corrected chi connectivity index (χ3v) is 5.36. The van der Waals surface area contributed by atoms with Crippen LogP contribution in [0.3, 0.4) is 0 Å². The summed E-state index contributed by atoms with van der Waals surface area (Å²) in [5.41, 5.74) is 12.4. The van der Waals surface area contributed by atoms with Crippen molar-refractivity contribution in [1.82, 2.24) is 21.2 Å². The Hall–Kier alpha value is -3.74. The molecule has 3 heterocycles. The highest BCUT2D eigenvalue weighted by Crippen LogP contribution is 2.31. The molecule has 0 saturated carbocycles. The van der Waals surface area contributed by atoms with Crippen molar-refractivity contribution in [3.8, 4) is 5.88 Å². The summed E-state index contributed by atoms with van der Waals surface area (Å²) in [7, 11) is 1.63. The normalized spacial score (nSPS) is 15.6. The lowest BCUT2D eigenvalue weighted by atomic mass is 10.1. The van der Waals surface area contributed by atoms with Crippen LogP contribution in [0.2, 0.25) is 0 Å². The summed E-state index contributed by atoms with van der Waals surface area (Å²) in [5.74, 6) is 1.25. The van der Waals surface area contributed by atoms with Crippen LogP contribution in [0.5, 0.6) is 5.88 Å². The number of halogens is 1. The van der Waals surface area contributed by atoms with Crippen LogP contribution >= 0.6 is 0 Å². The maximum Gasteiger partial charge on any atom is 0.238 e. The third-order valence-electron chi connectivity index (χ3n) is 5.36. The number of hydrogen-bond donors (Lipinski definition) is 3. The first-order chi connectivity index (χ1) is 15.5. The van der Waals surface area contributed by atoms with E-state index in [1.54, 1.807) is 7.11 Å². The fourth-order valence-electron chi connectivity index (χ4n) is 3.62. The standard InChI is InChI=1S/C25H28FN5O/c1-17-5-4-14-31(16-17)23-11-10-21(28-25(23)32-3)22-15-18(2)24(30-29-22)27-13-12-19-6-8-20(26)9-7-19/h4,6-11,14-16,27,29-30H,5,12-13H2,1-3H3. The Kier molecular flexibility index (Phi) is 6.44. The molecule has 0 atom stereocenters. The zero-order valence-electron chi connectivity index (χ0n) is 18.6. The smallest absolute Gasteiger partial charge is 0.238 e. The molecule has 32 heavy (non-hydrogen) atoms. The second kappa shape index (κ2) is 9.60. The van der Waals surface area contributed by atoms with Crippen LogP contribution in [0.15, 0.2) is 77.9 Å². The van der Waals surface area contributed by atoms with Gasteiger partial charge in [-0.3, -0.25) is 10.9 Å². The molecule has 0 radical (unpaired) electrons. The van der Waals surface area contributed by atoms with Crippen LogP contribution in [0, 0.1) is 5.82 Å². The van der Waals surface area contributed by atoms with Gasteiger partial charge in [0.15, 0.2) is 0 Å². The van der Waals surface area contributed by atoms with Gasteiger partial charge in [-0.25, -0.2) is 9.37 Å². The summed E-state index contributed by atoms with van der Waals surface area (Å²) >= 11 is 0. The fourth-order valence-corrected chi connectivity index (χ4v) is 3.62. The molecule has 2 aliphatic heterocycles. The van der Waals surface area contributed by atoms with Crippen LogP contribution in [-0.4, -0.2) is 18.6 Å². The molecule has 0 spiro atoms. The lowest BCUT2D eigenvalue weighted by molar-refractivity contribution is 0.398. The molecule has 2 aromatic rings. The predicted molar refractivity (Wildman–Crippen MR) is 126 cm³/mol. The maximum atomic E-state index is 13.0. The van der Waals surface area contributed by atoms with Gasteiger partial charge in [0.2, 0.25) is 5.88 Å². The van der Waals surface area contributed by atoms with E-state index in [9.17, 15) is 4.39 Å². The van der Waals surface area contributed by atoms with Gasteiger partial charge in [-0.15, -0.1) is 0 Å². The summed E-state index contributed by atoms with van der Waals surface area (Å²) in [6, 6.07) is 10.6. The Morgan fingerprint density at radius 1 is 1.12 bits per heavy atom. The minimum atomic E-state index is -0.215. The molecule has 3 N–H and O–H groups in total. The van der Waals surface area contributed by atoms with E-state index in [0.717, 1.165) is 53.4 Å². The highest BCUT2D eigenvalue weighted by Gasteiger charge is 2.17. The number of hydrogen-bond acceptors (Lipinski definition) is 6. The van der Waals surface area contributed by atoms with Crippen LogP contribution in [0.1, 0.15) is 31.5 Å². The highest BCUT2D eigenvalue weighted by atomic mass is 19.1. The van der Waals surface area contributed by atoms with Gasteiger partial charge in [0.25, 0.3) is 0 Å². The molecule has 1 aromatic heterocycles. The van der Waals surface area contributed by atoms with E-state index in [-0.39, 0.29) is 5.82 Å². The summed E-state index contributed by atoms with van der Waals surface area (Å²) in [6.45, 7) is 4.87. The molecule has 0 fully saturated rings. The van der Waals surface area contributed by atoms with E-state index in [1.165, 1.54) is 17.7 Å². The Morgan fingerprint density at radius 2 is 1.94 bits per heavy atom. The van der Waals surface area contributed by atoms with Gasteiger partial charge < -0.3 is 15.0 Å². The van der Waals surface area contributed by atoms with Crippen molar-refractivity contribution < 1.29 is 9.13 Å². The Balaban J connectivity index is 1.46. The van der Waals surface area contributed by atoms with Gasteiger partial charge in [-0.1, -0.05) is 23.8 Å². The number of aromatic nitrogens is 1. The second-order valence-electron chi connectivity index (χ2n) is 7.87. The number of benzene rings is 1. The number of nitrogens with zero attached hydrogens (tertiary/aromatic N) is 2. The maximum absolute atomic E-state index is 13.0. The van der Waals surface area contributed by atoms with Gasteiger partial charge in [-0.05, 0) is 68.2 Å². The van der Waals surface area contributed by atoms with Crippen LogP contribution in [0.4, 0.5) is 10.1 Å². The molecular formula is C25H28FN5O. The fraction of sp³-hybridized carbons (Fsp3) is 0.240. The second-order valence-corrected chi connectivity index (χ2v) is 7.87. The van der Waals surface area contributed by atoms with Crippen LogP contribution in [0.25, 0.3) is 5.70 Å². The van der Waals surface area contributed by atoms with Gasteiger partial charge >= 0.3 is 0 Å². The Bertz CT molecular complexity index is 1100. The van der Waals surface area contributed by atoms with E-state index >= 15 is 0 Å². The Labute approximate surface area is 188 Å². The topological polar surface area (TPSA) is 61.5 Å². The van der Waals surface area contributed by atoms with E-state index in [1.807, 2.05) is 48.4 Å². The summed E-state index contributed by atoms with van der Waals surface area (Å²) < 4.78 is 18.6. The molecule has 2 aliphatic rings. The number of methoxy groups -OCH3 is 1. The van der Waals surface area contributed by atoms with Gasteiger partial charge in [-0.2, -0.15) is 0 Å². The number of allylic oxidation sites excluding steroid dienone is 4. The number of anilines is 1. The molecule has 4 rings (SSSR count). The van der Waals surface area contributed by atoms with Gasteiger partial charge in [0, 0.05) is 18.9 Å². The van der Waals surface area contributed by atoms with Crippen molar-refractivity contribution >= 4 is 11.4 Å². The van der Waals surface area contributed by atoms with E-state index in [4.69, 9.17) is 9.72 Å². The van der Waals surface area contributed by atoms with Gasteiger partial charge in [0.1, 0.15) is 17.3 Å². The minimum absolute atomic E-state index is 0.215. The summed E-state index contributed by atoms with van der Waals surface area (Å²) in [5, 5.41) is 3.39. The third kappa shape index (κ3) is 4.94. The Morgan fingerprint density at radius 3 is 2.66 bits per heavy atom. The number of hydrazine groups is 1. The minimum Gasteiger partial charge on any atom is -0.479 e. The van der Waals surface area contributed by atoms with Crippen LogP contribution < -0.4 is 25.8 Å². The quantitative estimate of drug-likeness (QED) is 0.603. The first-order valence-electron chi connectivity index (χ1n) is 10.6. The molecule has 0 saturated heterocycles. The molecule has 0 amide bonds. The van der Waals surface area contributed by atoms with Gasteiger partial charge in [0.05, 0.1) is 18.5 Å². The molecule has 7 heteroatoms. The molecular weight excluding hydrogens is 405 g/mol. The molecule has 0 aliphatic carbocycles. The monoisotopic (exact) mass is 433 g/mol. The molecule has 0 unspecified atom stereocenters. The summed E-state index contributed by atoms with van der Waals surface area (Å²) in [6.07, 6.45) is 10.0. The molecule has 1 aromatic carbocycles. The number of nitrogens with one attached hydrogen (secondary N) is 3. The van der Waals surface area contributed by atoms with Crippen molar-refractivity contribution in [2.75, 3.05) is 18.6 Å². The number of pyridine rings is 1. The van der Waals surface area contributed by atoms with E-state index < -0.39 is 0 Å². The highest BCUT2D eigenvalue weighted by molar-refractivity contribution is 5.69. The average Bonchev–Trinajstić information content (AvgIpc) is 2.81. The van der Waals surface area contributed by atoms with Crippen molar-refractivity contribution in [2.45, 2.75) is 26.7 Å². The largest absolute Gasteiger partial charge is 0.479 e. The molecule has 6 nitrogen and oxygen atoms in total. The first kappa shape index (κ1) is 21.5. The van der Waals surface area contributed by atoms with Crippen molar-refractivity contribution in [1.29, 1.82) is 0 Å². The lowest BCUT2D eigenvalue weighted by Gasteiger charge is -2.25. The number of rotatable bonds is 7. The average molecular weight is 434 g/mol. The van der Waals surface area contributed by atoms with E-state index in [2.05, 4.69) is 35.4 Å².